The van der Waals surface area contributed by atoms with Crippen molar-refractivity contribution in [3.05, 3.63) is 70.6 Å². The number of carbonyl (C=O) groups excluding carboxylic acids is 2. The molecular weight excluding hydrogens is 425 g/mol. The van der Waals surface area contributed by atoms with E-state index in [-0.39, 0.29) is 17.4 Å². The Kier molecular flexibility index (Phi) is 5.77. The van der Waals surface area contributed by atoms with Crippen molar-refractivity contribution in [1.82, 2.24) is 20.4 Å². The number of urea groups is 1. The maximum absolute atomic E-state index is 14.2. The van der Waals surface area contributed by atoms with Crippen LogP contribution in [0.15, 0.2) is 48.7 Å². The summed E-state index contributed by atoms with van der Waals surface area (Å²) in [7, 11) is 1.43. The van der Waals surface area contributed by atoms with Crippen LogP contribution < -0.4 is 20.7 Å². The Hall–Kier alpha value is -3.59. The van der Waals surface area contributed by atoms with Crippen LogP contribution in [0.3, 0.4) is 0 Å². The van der Waals surface area contributed by atoms with Gasteiger partial charge in [-0.15, -0.1) is 5.10 Å². The van der Waals surface area contributed by atoms with Gasteiger partial charge >= 0.3 is 6.03 Å². The van der Waals surface area contributed by atoms with Crippen molar-refractivity contribution in [1.29, 1.82) is 0 Å². The van der Waals surface area contributed by atoms with Crippen LogP contribution >= 0.6 is 11.6 Å². The normalized spacial score (nSPS) is 14.9. The van der Waals surface area contributed by atoms with Crippen molar-refractivity contribution in [2.24, 2.45) is 0 Å². The van der Waals surface area contributed by atoms with Gasteiger partial charge in [-0.2, -0.15) is 0 Å². The van der Waals surface area contributed by atoms with Gasteiger partial charge in [-0.25, -0.2) is 13.9 Å². The van der Waals surface area contributed by atoms with Gasteiger partial charge in [0.25, 0.3) is 5.91 Å². The highest BCUT2D eigenvalue weighted by Crippen LogP contribution is 2.37. The van der Waals surface area contributed by atoms with Gasteiger partial charge in [0.2, 0.25) is 0 Å². The third-order valence-electron chi connectivity index (χ3n) is 4.85. The van der Waals surface area contributed by atoms with Crippen LogP contribution in [0.2, 0.25) is 5.02 Å². The Bertz CT molecular complexity index is 1150. The van der Waals surface area contributed by atoms with E-state index in [1.165, 1.54) is 23.9 Å². The van der Waals surface area contributed by atoms with E-state index in [2.05, 4.69) is 21.0 Å². The molecule has 0 bridgehead atoms. The second-order valence-corrected chi connectivity index (χ2v) is 7.24. The van der Waals surface area contributed by atoms with Crippen molar-refractivity contribution in [2.75, 3.05) is 19.0 Å². The highest BCUT2D eigenvalue weighted by atomic mass is 35.5. The molecule has 8 nitrogen and oxygen atoms in total. The second-order valence-electron chi connectivity index (χ2n) is 6.84. The molecule has 1 aromatic heterocycles. The number of fused-ring (bicyclic) bond motifs is 1. The largest absolute Gasteiger partial charge is 0.492 e. The van der Waals surface area contributed by atoms with E-state index in [4.69, 9.17) is 16.3 Å². The number of carbonyl (C=O) groups is 2. The van der Waals surface area contributed by atoms with E-state index < -0.39 is 17.8 Å². The highest BCUT2D eigenvalue weighted by molar-refractivity contribution is 6.32. The Morgan fingerprint density at radius 3 is 2.87 bits per heavy atom. The molecule has 0 saturated carbocycles. The molecule has 2 heterocycles. The van der Waals surface area contributed by atoms with Gasteiger partial charge < -0.3 is 15.4 Å². The number of nitrogens with one attached hydrogen (secondary N) is 3. The summed E-state index contributed by atoms with van der Waals surface area (Å²) in [6.07, 6.45) is 2.18. The van der Waals surface area contributed by atoms with E-state index in [1.807, 2.05) is 6.07 Å². The van der Waals surface area contributed by atoms with Gasteiger partial charge in [0.1, 0.15) is 11.6 Å². The molecule has 0 saturated heterocycles. The average molecular weight is 444 g/mol. The predicted molar refractivity (Wildman–Crippen MR) is 113 cm³/mol. The average Bonchev–Trinajstić information content (AvgIpc) is 3.22. The SMILES string of the molecule is CNC(=O)c1ccc(-n2ccc(NC(=O)N[C@H]3CCOc4c(Cl)cccc43)n2)cc1F. The standard InChI is InChI=1S/C21H19ClFN5O3/c1-24-20(29)13-6-5-12(11-16(13)23)28-9-7-18(27-28)26-21(30)25-17-8-10-31-19-14(17)3-2-4-15(19)22/h2-7,9,11,17H,8,10H2,1H3,(H,24,29)(H2,25,26,27,30)/t17-/m0/s1. The van der Waals surface area contributed by atoms with Crippen molar-refractivity contribution >= 4 is 29.4 Å². The van der Waals surface area contributed by atoms with E-state index in [1.54, 1.807) is 30.5 Å². The number of aromatic nitrogens is 2. The number of halogens is 2. The number of hydrogen-bond acceptors (Lipinski definition) is 4. The fraction of sp³-hybridized carbons (Fsp3) is 0.190. The van der Waals surface area contributed by atoms with Gasteiger partial charge in [0.15, 0.2) is 5.82 Å². The van der Waals surface area contributed by atoms with E-state index in [9.17, 15) is 14.0 Å². The van der Waals surface area contributed by atoms with E-state index in [0.717, 1.165) is 5.56 Å². The van der Waals surface area contributed by atoms with Crippen LogP contribution in [0.1, 0.15) is 28.4 Å². The van der Waals surface area contributed by atoms with E-state index in [0.29, 0.717) is 29.5 Å². The van der Waals surface area contributed by atoms with E-state index >= 15 is 0 Å². The molecule has 0 fully saturated rings. The lowest BCUT2D eigenvalue weighted by atomic mass is 10.0. The molecule has 3 aromatic rings. The lowest BCUT2D eigenvalue weighted by Gasteiger charge is -2.27. The predicted octanol–water partition coefficient (Wildman–Crippen LogP) is 3.67. The molecule has 0 unspecified atom stereocenters. The first-order valence-electron chi connectivity index (χ1n) is 9.52. The number of anilines is 1. The molecular formula is C21H19ClFN5O3. The van der Waals surface area contributed by atoms with Crippen molar-refractivity contribution in [3.8, 4) is 11.4 Å². The van der Waals surface area contributed by atoms with Crippen LogP contribution in [0.5, 0.6) is 5.75 Å². The van der Waals surface area contributed by atoms with Crippen molar-refractivity contribution < 1.29 is 18.7 Å². The number of benzene rings is 2. The van der Waals surface area contributed by atoms with Crippen LogP contribution in [-0.4, -0.2) is 35.4 Å². The molecule has 4 rings (SSSR count). The van der Waals surface area contributed by atoms with Crippen LogP contribution in [0.25, 0.3) is 5.69 Å². The lowest BCUT2D eigenvalue weighted by Crippen LogP contribution is -2.35. The van der Waals surface area contributed by atoms with Gasteiger partial charge in [-0.05, 0) is 18.2 Å². The zero-order valence-electron chi connectivity index (χ0n) is 16.5. The van der Waals surface area contributed by atoms with Crippen molar-refractivity contribution in [3.63, 3.8) is 0 Å². The number of ether oxygens (including phenoxy) is 1. The molecule has 0 radical (unpaired) electrons. The molecule has 31 heavy (non-hydrogen) atoms. The molecule has 160 valence electrons. The molecule has 1 atom stereocenters. The number of rotatable bonds is 4. The molecule has 1 aliphatic heterocycles. The maximum atomic E-state index is 14.2. The Morgan fingerprint density at radius 2 is 2.10 bits per heavy atom. The summed E-state index contributed by atoms with van der Waals surface area (Å²) < 4.78 is 21.2. The highest BCUT2D eigenvalue weighted by Gasteiger charge is 2.25. The smallest absolute Gasteiger partial charge is 0.320 e. The summed E-state index contributed by atoms with van der Waals surface area (Å²) in [6.45, 7) is 0.438. The molecule has 10 heteroatoms. The molecule has 3 amide bonds. The third kappa shape index (κ3) is 4.31. The Labute approximate surface area is 182 Å². The summed E-state index contributed by atoms with van der Waals surface area (Å²) in [6, 6.07) is 10.4. The first kappa shape index (κ1) is 20.7. The second kappa shape index (κ2) is 8.65. The number of nitrogens with zero attached hydrogens (tertiary/aromatic N) is 2. The first-order chi connectivity index (χ1) is 15.0. The number of hydrogen-bond donors (Lipinski definition) is 3. The topological polar surface area (TPSA) is 97.3 Å². The first-order valence-corrected chi connectivity index (χ1v) is 9.90. The molecule has 1 aliphatic rings. The fourth-order valence-electron chi connectivity index (χ4n) is 3.35. The van der Waals surface area contributed by atoms with Crippen LogP contribution in [0, 0.1) is 5.82 Å². The van der Waals surface area contributed by atoms with Gasteiger partial charge in [-0.3, -0.25) is 10.1 Å². The monoisotopic (exact) mass is 443 g/mol. The fourth-order valence-corrected chi connectivity index (χ4v) is 3.58. The Balaban J connectivity index is 1.44. The summed E-state index contributed by atoms with van der Waals surface area (Å²) in [4.78, 5) is 24.1. The lowest BCUT2D eigenvalue weighted by molar-refractivity contribution is 0.0959. The summed E-state index contributed by atoms with van der Waals surface area (Å²) in [5, 5.41) is 12.7. The van der Waals surface area contributed by atoms with Crippen molar-refractivity contribution in [2.45, 2.75) is 12.5 Å². The number of amides is 3. The van der Waals surface area contributed by atoms with Crippen LogP contribution in [-0.2, 0) is 0 Å². The minimum Gasteiger partial charge on any atom is -0.492 e. The zero-order valence-corrected chi connectivity index (χ0v) is 17.2. The third-order valence-corrected chi connectivity index (χ3v) is 5.15. The minimum absolute atomic E-state index is 0.0621. The molecule has 3 N–H and O–H groups in total. The van der Waals surface area contributed by atoms with Gasteiger partial charge in [0, 0.05) is 37.4 Å². The Morgan fingerprint density at radius 1 is 1.26 bits per heavy atom. The van der Waals surface area contributed by atoms with Crippen LogP contribution in [0.4, 0.5) is 15.0 Å². The zero-order chi connectivity index (χ0) is 22.0. The summed E-state index contributed by atoms with van der Waals surface area (Å²) in [5.74, 6) is -0.324. The molecule has 2 aromatic carbocycles. The maximum Gasteiger partial charge on any atom is 0.320 e. The summed E-state index contributed by atoms with van der Waals surface area (Å²) in [5.41, 5.74) is 1.16. The number of para-hydroxylation sites is 1. The van der Waals surface area contributed by atoms with Gasteiger partial charge in [-0.1, -0.05) is 23.7 Å². The quantitative estimate of drug-likeness (QED) is 0.573. The van der Waals surface area contributed by atoms with Gasteiger partial charge in [0.05, 0.1) is 28.9 Å². The minimum atomic E-state index is -0.670. The molecule has 0 aliphatic carbocycles. The summed E-state index contributed by atoms with van der Waals surface area (Å²) >= 11 is 6.17. The molecule has 0 spiro atoms.